The molecule has 0 spiro atoms. The molecule has 1 heterocycles. The molecule has 0 fully saturated rings. The number of thioether (sulfide) groups is 1. The second-order valence-electron chi connectivity index (χ2n) is 2.46. The summed E-state index contributed by atoms with van der Waals surface area (Å²) in [5.41, 5.74) is 0. The average Bonchev–Trinajstić information content (AvgIpc) is 2.16. The summed E-state index contributed by atoms with van der Waals surface area (Å²) in [7, 11) is 0. The molecule has 1 aromatic rings. The zero-order chi connectivity index (χ0) is 9.68. The molecule has 0 radical (unpaired) electrons. The van der Waals surface area contributed by atoms with Gasteiger partial charge in [-0.15, -0.1) is 11.8 Å². The average molecular weight is 220 g/mol. The van der Waals surface area contributed by atoms with Crippen LogP contribution in [0, 0.1) is 0 Å². The summed E-state index contributed by atoms with van der Waals surface area (Å²) in [4.78, 5) is 4.02. The third-order valence-corrected chi connectivity index (χ3v) is 2.65. The molecule has 0 unspecified atom stereocenters. The Bertz CT molecular complexity index is 255. The van der Waals surface area contributed by atoms with Gasteiger partial charge in [-0.3, -0.25) is 0 Å². The molecule has 1 rings (SSSR count). The van der Waals surface area contributed by atoms with Crippen LogP contribution in [0.1, 0.15) is 0 Å². The minimum absolute atomic E-state index is 0.222. The van der Waals surface area contributed by atoms with E-state index in [4.69, 9.17) is 21.8 Å². The largest absolute Gasteiger partial charge is 0.394 e. The van der Waals surface area contributed by atoms with Gasteiger partial charge in [0.2, 0.25) is 0 Å². The van der Waals surface area contributed by atoms with E-state index in [1.54, 1.807) is 18.3 Å². The van der Waals surface area contributed by atoms with Crippen LogP contribution >= 0.6 is 23.4 Å². The van der Waals surface area contributed by atoms with Gasteiger partial charge in [0.15, 0.2) is 0 Å². The third-order valence-electron chi connectivity index (χ3n) is 1.33. The minimum atomic E-state index is -0.692. The van der Waals surface area contributed by atoms with E-state index in [1.165, 1.54) is 11.8 Å². The van der Waals surface area contributed by atoms with Crippen LogP contribution in [0.3, 0.4) is 0 Å². The van der Waals surface area contributed by atoms with Crippen LogP contribution in [0.4, 0.5) is 0 Å². The lowest BCUT2D eigenvalue weighted by Crippen LogP contribution is -2.14. The Kier molecular flexibility index (Phi) is 4.52. The molecule has 0 aliphatic rings. The van der Waals surface area contributed by atoms with E-state index < -0.39 is 6.10 Å². The number of aromatic nitrogens is 1. The Hall–Kier alpha value is -0.290. The predicted molar refractivity (Wildman–Crippen MR) is 53.1 cm³/mol. The van der Waals surface area contributed by atoms with Crippen molar-refractivity contribution in [3.05, 3.63) is 23.4 Å². The summed E-state index contributed by atoms with van der Waals surface area (Å²) >= 11 is 7.02. The number of rotatable bonds is 4. The fourth-order valence-electron chi connectivity index (χ4n) is 0.682. The Morgan fingerprint density at radius 3 is 2.85 bits per heavy atom. The van der Waals surface area contributed by atoms with Gasteiger partial charge in [-0.25, -0.2) is 4.98 Å². The molecule has 0 saturated heterocycles. The minimum Gasteiger partial charge on any atom is -0.394 e. The predicted octanol–water partition coefficient (Wildman–Crippen LogP) is 1.18. The van der Waals surface area contributed by atoms with Gasteiger partial charge < -0.3 is 10.2 Å². The number of aliphatic hydroxyl groups excluding tert-OH is 2. The van der Waals surface area contributed by atoms with Gasteiger partial charge in [0.05, 0.1) is 22.8 Å². The van der Waals surface area contributed by atoms with E-state index >= 15 is 0 Å². The summed E-state index contributed by atoms with van der Waals surface area (Å²) in [5, 5.41) is 19.0. The van der Waals surface area contributed by atoms with Crippen molar-refractivity contribution < 1.29 is 10.2 Å². The standard InChI is InChI=1S/C8H10ClNO2S/c9-6-1-2-8(10-3-6)13-5-7(12)4-11/h1-3,7,11-12H,4-5H2/t7-/m1/s1. The number of nitrogens with zero attached hydrogens (tertiary/aromatic N) is 1. The topological polar surface area (TPSA) is 53.4 Å². The molecule has 5 heteroatoms. The summed E-state index contributed by atoms with van der Waals surface area (Å²) in [6.45, 7) is -0.222. The normalized spacial score (nSPS) is 12.8. The maximum absolute atomic E-state index is 9.05. The second kappa shape index (κ2) is 5.44. The molecule has 13 heavy (non-hydrogen) atoms. The maximum atomic E-state index is 9.05. The summed E-state index contributed by atoms with van der Waals surface area (Å²) in [6, 6.07) is 3.51. The van der Waals surface area contributed by atoms with Crippen LogP contribution in [-0.4, -0.2) is 33.7 Å². The fourth-order valence-corrected chi connectivity index (χ4v) is 1.55. The molecule has 0 amide bonds. The number of halogens is 1. The van der Waals surface area contributed by atoms with Gasteiger partial charge in [-0.2, -0.15) is 0 Å². The Morgan fingerprint density at radius 2 is 2.31 bits per heavy atom. The molecule has 1 aromatic heterocycles. The summed E-state index contributed by atoms with van der Waals surface area (Å²) in [6.07, 6.45) is 0.859. The van der Waals surface area contributed by atoms with Gasteiger partial charge in [0.25, 0.3) is 0 Å². The van der Waals surface area contributed by atoms with Gasteiger partial charge >= 0.3 is 0 Å². The van der Waals surface area contributed by atoms with Crippen molar-refractivity contribution >= 4 is 23.4 Å². The van der Waals surface area contributed by atoms with E-state index in [0.717, 1.165) is 5.03 Å². The smallest absolute Gasteiger partial charge is 0.0961 e. The first-order valence-electron chi connectivity index (χ1n) is 3.75. The molecule has 0 aliphatic heterocycles. The van der Waals surface area contributed by atoms with E-state index in [2.05, 4.69) is 4.98 Å². The first-order chi connectivity index (χ1) is 6.22. The van der Waals surface area contributed by atoms with Crippen LogP contribution in [0.2, 0.25) is 5.02 Å². The van der Waals surface area contributed by atoms with Gasteiger partial charge in [-0.1, -0.05) is 11.6 Å². The van der Waals surface area contributed by atoms with Gasteiger partial charge in [0, 0.05) is 11.9 Å². The highest BCUT2D eigenvalue weighted by Gasteiger charge is 2.03. The van der Waals surface area contributed by atoms with Crippen LogP contribution in [0.5, 0.6) is 0 Å². The highest BCUT2D eigenvalue weighted by molar-refractivity contribution is 7.99. The van der Waals surface area contributed by atoms with Crippen molar-refractivity contribution in [2.45, 2.75) is 11.1 Å². The second-order valence-corrected chi connectivity index (χ2v) is 3.94. The number of hydrogen-bond donors (Lipinski definition) is 2. The molecular formula is C8H10ClNO2S. The van der Waals surface area contributed by atoms with Crippen molar-refractivity contribution in [1.29, 1.82) is 0 Å². The molecular weight excluding hydrogens is 210 g/mol. The van der Waals surface area contributed by atoms with Gasteiger partial charge in [-0.05, 0) is 12.1 Å². The Labute approximate surface area is 85.8 Å². The summed E-state index contributed by atoms with van der Waals surface area (Å²) in [5.74, 6) is 0.436. The van der Waals surface area contributed by atoms with Crippen LogP contribution in [-0.2, 0) is 0 Å². The van der Waals surface area contributed by atoms with Crippen LogP contribution < -0.4 is 0 Å². The zero-order valence-corrected chi connectivity index (χ0v) is 8.42. The number of aliphatic hydroxyl groups is 2. The van der Waals surface area contributed by atoms with Crippen molar-refractivity contribution in [2.24, 2.45) is 0 Å². The highest BCUT2D eigenvalue weighted by atomic mass is 35.5. The van der Waals surface area contributed by atoms with E-state index in [-0.39, 0.29) is 6.61 Å². The van der Waals surface area contributed by atoms with Crippen molar-refractivity contribution in [3.63, 3.8) is 0 Å². The molecule has 0 saturated carbocycles. The first-order valence-corrected chi connectivity index (χ1v) is 5.12. The number of hydrogen-bond acceptors (Lipinski definition) is 4. The zero-order valence-electron chi connectivity index (χ0n) is 6.85. The Balaban J connectivity index is 2.41. The molecule has 72 valence electrons. The lowest BCUT2D eigenvalue weighted by molar-refractivity contribution is 0.113. The third kappa shape index (κ3) is 3.95. The fraction of sp³-hybridized carbons (Fsp3) is 0.375. The molecule has 0 bridgehead atoms. The molecule has 3 nitrogen and oxygen atoms in total. The van der Waals surface area contributed by atoms with E-state index in [9.17, 15) is 0 Å². The van der Waals surface area contributed by atoms with E-state index in [0.29, 0.717) is 10.8 Å². The molecule has 0 aliphatic carbocycles. The van der Waals surface area contributed by atoms with Crippen molar-refractivity contribution in [3.8, 4) is 0 Å². The summed E-state index contributed by atoms with van der Waals surface area (Å²) < 4.78 is 0. The van der Waals surface area contributed by atoms with E-state index in [1.807, 2.05) is 0 Å². The highest BCUT2D eigenvalue weighted by Crippen LogP contribution is 2.17. The molecule has 1 atom stereocenters. The van der Waals surface area contributed by atoms with Crippen molar-refractivity contribution in [1.82, 2.24) is 4.98 Å². The van der Waals surface area contributed by atoms with Gasteiger partial charge in [0.1, 0.15) is 0 Å². The number of pyridine rings is 1. The Morgan fingerprint density at radius 1 is 1.54 bits per heavy atom. The lowest BCUT2D eigenvalue weighted by atomic mass is 10.4. The van der Waals surface area contributed by atoms with Crippen LogP contribution in [0.15, 0.2) is 23.4 Å². The lowest BCUT2D eigenvalue weighted by Gasteiger charge is -2.05. The van der Waals surface area contributed by atoms with Crippen LogP contribution in [0.25, 0.3) is 0 Å². The molecule has 0 aromatic carbocycles. The molecule has 2 N–H and O–H groups in total. The quantitative estimate of drug-likeness (QED) is 0.747. The maximum Gasteiger partial charge on any atom is 0.0961 e. The monoisotopic (exact) mass is 219 g/mol. The van der Waals surface area contributed by atoms with Crippen molar-refractivity contribution in [2.75, 3.05) is 12.4 Å². The SMILES string of the molecule is OC[C@@H](O)CSc1ccc(Cl)cn1. The first kappa shape index (κ1) is 10.8.